The predicted octanol–water partition coefficient (Wildman–Crippen LogP) is 2.43. The van der Waals surface area contributed by atoms with Crippen molar-refractivity contribution in [1.82, 2.24) is 0 Å². The second-order valence-corrected chi connectivity index (χ2v) is 5.55. The minimum Gasteiger partial charge on any atom is -0.491 e. The van der Waals surface area contributed by atoms with Gasteiger partial charge in [0.1, 0.15) is 15.7 Å². The van der Waals surface area contributed by atoms with Crippen molar-refractivity contribution in [2.75, 3.05) is 6.61 Å². The molecule has 2 N–H and O–H groups in total. The van der Waals surface area contributed by atoms with Gasteiger partial charge in [-0.3, -0.25) is 0 Å². The zero-order valence-corrected chi connectivity index (χ0v) is 11.9. The van der Waals surface area contributed by atoms with E-state index in [9.17, 15) is 8.42 Å². The van der Waals surface area contributed by atoms with Gasteiger partial charge in [0.25, 0.3) is 0 Å². The molecule has 0 aliphatic carbocycles. The highest BCUT2D eigenvalue weighted by Gasteiger charge is 2.18. The Kier molecular flexibility index (Phi) is 5.29. The van der Waals surface area contributed by atoms with Crippen molar-refractivity contribution in [1.29, 1.82) is 0 Å². The van der Waals surface area contributed by atoms with Crippen molar-refractivity contribution >= 4 is 33.2 Å². The highest BCUT2D eigenvalue weighted by molar-refractivity contribution is 7.89. The van der Waals surface area contributed by atoms with Gasteiger partial charge in [0.05, 0.1) is 11.6 Å². The summed E-state index contributed by atoms with van der Waals surface area (Å²) in [5.41, 5.74) is 0. The third kappa shape index (κ3) is 3.79. The molecule has 0 spiro atoms. The molecule has 4 nitrogen and oxygen atoms in total. The zero-order chi connectivity index (χ0) is 13.8. The fraction of sp³-hybridized carbons (Fsp3) is 0.273. The van der Waals surface area contributed by atoms with Gasteiger partial charge < -0.3 is 4.74 Å². The standard InChI is InChI=1S/C11H11Cl2NO3S/c1-2-3-4-7-17-8-5-6-9(18(14,15)16)11(13)10(8)12/h5-6H,4,7H2,1H3,(H2,14,15,16). The SMILES string of the molecule is CC#CCCOc1ccc(S(N)(=O)=O)c(Cl)c1Cl. The molecule has 0 saturated heterocycles. The van der Waals surface area contributed by atoms with E-state index in [0.29, 0.717) is 18.8 Å². The molecule has 0 atom stereocenters. The molecule has 0 unspecified atom stereocenters. The molecule has 18 heavy (non-hydrogen) atoms. The number of benzene rings is 1. The molecule has 1 aromatic carbocycles. The monoisotopic (exact) mass is 307 g/mol. The van der Waals surface area contributed by atoms with Gasteiger partial charge in [-0.25, -0.2) is 13.6 Å². The number of primary sulfonamides is 1. The summed E-state index contributed by atoms with van der Waals surface area (Å²) in [5.74, 6) is 5.84. The van der Waals surface area contributed by atoms with Gasteiger partial charge in [-0.1, -0.05) is 23.2 Å². The van der Waals surface area contributed by atoms with Gasteiger partial charge in [0.15, 0.2) is 0 Å². The fourth-order valence-electron chi connectivity index (χ4n) is 1.18. The van der Waals surface area contributed by atoms with Crippen LogP contribution in [0, 0.1) is 11.8 Å². The lowest BCUT2D eigenvalue weighted by atomic mass is 10.3. The van der Waals surface area contributed by atoms with Crippen LogP contribution in [-0.2, 0) is 10.0 Å². The minimum atomic E-state index is -3.90. The van der Waals surface area contributed by atoms with Gasteiger partial charge in [-0.05, 0) is 19.1 Å². The first-order valence-corrected chi connectivity index (χ1v) is 7.21. The molecule has 0 aliphatic heterocycles. The third-order valence-corrected chi connectivity index (χ3v) is 3.91. The van der Waals surface area contributed by atoms with Crippen molar-refractivity contribution in [2.45, 2.75) is 18.2 Å². The van der Waals surface area contributed by atoms with Crippen molar-refractivity contribution in [3.05, 3.63) is 22.2 Å². The molecule has 1 rings (SSSR count). The van der Waals surface area contributed by atoms with Crippen LogP contribution in [-0.4, -0.2) is 15.0 Å². The lowest BCUT2D eigenvalue weighted by Crippen LogP contribution is -2.13. The third-order valence-electron chi connectivity index (χ3n) is 1.98. The van der Waals surface area contributed by atoms with Crippen LogP contribution >= 0.6 is 23.2 Å². The second kappa shape index (κ2) is 6.30. The lowest BCUT2D eigenvalue weighted by Gasteiger charge is -2.09. The van der Waals surface area contributed by atoms with E-state index in [-0.39, 0.29) is 14.9 Å². The molecule has 0 heterocycles. The Labute approximate surface area is 116 Å². The second-order valence-electron chi connectivity index (χ2n) is 3.26. The molecule has 0 fully saturated rings. The van der Waals surface area contributed by atoms with Crippen LogP contribution in [0.5, 0.6) is 5.75 Å². The molecule has 0 aromatic heterocycles. The Bertz CT molecular complexity index is 603. The Morgan fingerprint density at radius 1 is 1.33 bits per heavy atom. The highest BCUT2D eigenvalue weighted by atomic mass is 35.5. The summed E-state index contributed by atoms with van der Waals surface area (Å²) in [7, 11) is -3.90. The van der Waals surface area contributed by atoms with Crippen LogP contribution in [0.3, 0.4) is 0 Å². The molecule has 0 bridgehead atoms. The van der Waals surface area contributed by atoms with E-state index in [4.69, 9.17) is 33.1 Å². The van der Waals surface area contributed by atoms with E-state index >= 15 is 0 Å². The van der Waals surface area contributed by atoms with Crippen molar-refractivity contribution in [3.8, 4) is 17.6 Å². The lowest BCUT2D eigenvalue weighted by molar-refractivity contribution is 0.327. The number of nitrogens with two attached hydrogens (primary N) is 1. The average Bonchev–Trinajstić information content (AvgIpc) is 2.28. The van der Waals surface area contributed by atoms with Crippen LogP contribution in [0.25, 0.3) is 0 Å². The fourth-order valence-corrected chi connectivity index (χ4v) is 2.55. The first-order valence-electron chi connectivity index (χ1n) is 4.91. The van der Waals surface area contributed by atoms with E-state index in [2.05, 4.69) is 11.8 Å². The number of sulfonamides is 1. The van der Waals surface area contributed by atoms with E-state index in [1.807, 2.05) is 0 Å². The number of ether oxygens (including phenoxy) is 1. The summed E-state index contributed by atoms with van der Waals surface area (Å²) in [6.07, 6.45) is 0.543. The predicted molar refractivity (Wildman–Crippen MR) is 71.4 cm³/mol. The summed E-state index contributed by atoms with van der Waals surface area (Å²) >= 11 is 11.7. The van der Waals surface area contributed by atoms with Crippen LogP contribution < -0.4 is 9.88 Å². The quantitative estimate of drug-likeness (QED) is 0.686. The normalized spacial score (nSPS) is 10.7. The summed E-state index contributed by atoms with van der Waals surface area (Å²) in [5, 5.41) is 4.87. The Hall–Kier alpha value is -0.930. The maximum atomic E-state index is 11.2. The summed E-state index contributed by atoms with van der Waals surface area (Å²) < 4.78 is 27.7. The largest absolute Gasteiger partial charge is 0.491 e. The Morgan fingerprint density at radius 3 is 2.56 bits per heavy atom. The minimum absolute atomic E-state index is 0.0210. The molecule has 0 amide bonds. The smallest absolute Gasteiger partial charge is 0.239 e. The molecular weight excluding hydrogens is 297 g/mol. The zero-order valence-electron chi connectivity index (χ0n) is 9.54. The van der Waals surface area contributed by atoms with Crippen LogP contribution in [0.15, 0.2) is 17.0 Å². The van der Waals surface area contributed by atoms with Crippen molar-refractivity contribution < 1.29 is 13.2 Å². The number of rotatable bonds is 4. The molecule has 98 valence electrons. The number of hydrogen-bond acceptors (Lipinski definition) is 3. The molecule has 0 aliphatic rings. The first kappa shape index (κ1) is 15.1. The first-order chi connectivity index (χ1) is 8.38. The molecule has 0 saturated carbocycles. The van der Waals surface area contributed by atoms with Gasteiger partial charge in [0, 0.05) is 6.42 Å². The Morgan fingerprint density at radius 2 is 2.00 bits per heavy atom. The van der Waals surface area contributed by atoms with Gasteiger partial charge in [-0.2, -0.15) is 0 Å². The Balaban J connectivity index is 2.97. The molecule has 0 radical (unpaired) electrons. The van der Waals surface area contributed by atoms with Crippen LogP contribution in [0.4, 0.5) is 0 Å². The molecular formula is C11H11Cl2NO3S. The van der Waals surface area contributed by atoms with Gasteiger partial charge in [0.2, 0.25) is 10.0 Å². The summed E-state index contributed by atoms with van der Waals surface area (Å²) in [6.45, 7) is 2.07. The summed E-state index contributed by atoms with van der Waals surface area (Å²) in [6, 6.07) is 2.66. The number of hydrogen-bond donors (Lipinski definition) is 1. The maximum Gasteiger partial charge on any atom is 0.239 e. The highest BCUT2D eigenvalue weighted by Crippen LogP contribution is 2.36. The van der Waals surface area contributed by atoms with Crippen molar-refractivity contribution in [2.24, 2.45) is 5.14 Å². The summed E-state index contributed by atoms with van der Waals surface area (Å²) in [4.78, 5) is -0.227. The maximum absolute atomic E-state index is 11.2. The van der Waals surface area contributed by atoms with Gasteiger partial charge in [-0.15, -0.1) is 11.8 Å². The van der Waals surface area contributed by atoms with Crippen molar-refractivity contribution in [3.63, 3.8) is 0 Å². The van der Waals surface area contributed by atoms with E-state index in [0.717, 1.165) is 0 Å². The average molecular weight is 308 g/mol. The molecule has 7 heteroatoms. The molecule has 1 aromatic rings. The van der Waals surface area contributed by atoms with Gasteiger partial charge >= 0.3 is 0 Å². The van der Waals surface area contributed by atoms with Crippen LogP contribution in [0.1, 0.15) is 13.3 Å². The number of halogens is 2. The van der Waals surface area contributed by atoms with Crippen LogP contribution in [0.2, 0.25) is 10.0 Å². The van der Waals surface area contributed by atoms with E-state index in [1.165, 1.54) is 12.1 Å². The van der Waals surface area contributed by atoms with E-state index < -0.39 is 10.0 Å². The van der Waals surface area contributed by atoms with E-state index in [1.54, 1.807) is 6.92 Å². The topological polar surface area (TPSA) is 69.4 Å².